The monoisotopic (exact) mass is 384 g/mol. The zero-order valence-electron chi connectivity index (χ0n) is 15.4. The number of carbonyl (C=O) groups excluding carboxylic acids is 2. The van der Waals surface area contributed by atoms with Gasteiger partial charge < -0.3 is 14.4 Å². The Labute approximate surface area is 161 Å². The second kappa shape index (κ2) is 8.51. The van der Waals surface area contributed by atoms with E-state index in [0.29, 0.717) is 25.1 Å². The summed E-state index contributed by atoms with van der Waals surface area (Å²) in [7, 11) is 1.25. The van der Waals surface area contributed by atoms with E-state index in [1.807, 2.05) is 30.3 Å². The fraction of sp³-hybridized carbons (Fsp3) is 0.300. The molecule has 0 aliphatic carbocycles. The number of methoxy groups -OCH3 is 1. The third-order valence-electron chi connectivity index (χ3n) is 4.63. The van der Waals surface area contributed by atoms with Gasteiger partial charge in [-0.2, -0.15) is 0 Å². The lowest BCUT2D eigenvalue weighted by Crippen LogP contribution is -2.41. The molecular formula is C20H20N2O6. The lowest BCUT2D eigenvalue weighted by atomic mass is 10.1. The van der Waals surface area contributed by atoms with Gasteiger partial charge in [0.15, 0.2) is 0 Å². The van der Waals surface area contributed by atoms with Crippen LogP contribution in [0.4, 0.5) is 5.69 Å². The summed E-state index contributed by atoms with van der Waals surface area (Å²) in [5, 5.41) is 11.4. The van der Waals surface area contributed by atoms with E-state index in [2.05, 4.69) is 0 Å². The molecule has 0 bridgehead atoms. The molecule has 0 aromatic heterocycles. The number of nitro groups is 1. The molecule has 3 rings (SSSR count). The minimum atomic E-state index is -0.731. The average molecular weight is 384 g/mol. The van der Waals surface area contributed by atoms with E-state index >= 15 is 0 Å². The van der Waals surface area contributed by atoms with Gasteiger partial charge in [-0.05, 0) is 30.5 Å². The van der Waals surface area contributed by atoms with Gasteiger partial charge >= 0.3 is 5.97 Å². The molecule has 146 valence electrons. The average Bonchev–Trinajstić information content (AvgIpc) is 3.21. The normalized spacial score (nSPS) is 15.9. The molecule has 0 saturated carbocycles. The fourth-order valence-electron chi connectivity index (χ4n) is 3.22. The Hall–Kier alpha value is -3.42. The van der Waals surface area contributed by atoms with Crippen LogP contribution in [0.1, 0.15) is 28.8 Å². The molecule has 1 aliphatic rings. The minimum absolute atomic E-state index is 0.105. The number of esters is 1. The fourth-order valence-corrected chi connectivity index (χ4v) is 3.22. The lowest BCUT2D eigenvalue weighted by Gasteiger charge is -2.22. The third-order valence-corrected chi connectivity index (χ3v) is 4.63. The SMILES string of the molecule is COC(=O)[C@@H]1CCCN1C(=O)c1cc(OCc2ccccc2)ccc1[N+](=O)[O-]. The highest BCUT2D eigenvalue weighted by Crippen LogP contribution is 2.29. The van der Waals surface area contributed by atoms with E-state index in [0.717, 1.165) is 5.56 Å². The van der Waals surface area contributed by atoms with E-state index in [9.17, 15) is 19.7 Å². The van der Waals surface area contributed by atoms with Gasteiger partial charge in [-0.25, -0.2) is 4.79 Å². The first-order chi connectivity index (χ1) is 13.5. The number of amides is 1. The molecular weight excluding hydrogens is 364 g/mol. The molecule has 1 amide bonds. The molecule has 1 aliphatic heterocycles. The second-order valence-corrected chi connectivity index (χ2v) is 6.39. The largest absolute Gasteiger partial charge is 0.489 e. The van der Waals surface area contributed by atoms with Crippen LogP contribution in [0.25, 0.3) is 0 Å². The molecule has 0 spiro atoms. The van der Waals surface area contributed by atoms with Crippen molar-refractivity contribution in [1.82, 2.24) is 4.90 Å². The molecule has 8 heteroatoms. The smallest absolute Gasteiger partial charge is 0.328 e. The van der Waals surface area contributed by atoms with E-state index in [-0.39, 0.29) is 17.9 Å². The van der Waals surface area contributed by atoms with Crippen molar-refractivity contribution in [2.24, 2.45) is 0 Å². The quantitative estimate of drug-likeness (QED) is 0.431. The summed E-state index contributed by atoms with van der Waals surface area (Å²) in [6, 6.07) is 12.8. The highest BCUT2D eigenvalue weighted by Gasteiger charge is 2.37. The van der Waals surface area contributed by atoms with Crippen LogP contribution in [0, 0.1) is 10.1 Å². The van der Waals surface area contributed by atoms with E-state index in [4.69, 9.17) is 9.47 Å². The van der Waals surface area contributed by atoms with Gasteiger partial charge in [0.1, 0.15) is 24.0 Å². The van der Waals surface area contributed by atoms with Gasteiger partial charge in [0.25, 0.3) is 11.6 Å². The maximum absolute atomic E-state index is 13.0. The number of nitro benzene ring substituents is 1. The molecule has 2 aromatic carbocycles. The van der Waals surface area contributed by atoms with Crippen molar-refractivity contribution in [3.63, 3.8) is 0 Å². The zero-order chi connectivity index (χ0) is 20.1. The molecule has 0 radical (unpaired) electrons. The van der Waals surface area contributed by atoms with Crippen molar-refractivity contribution < 1.29 is 24.0 Å². The van der Waals surface area contributed by atoms with Gasteiger partial charge in [-0.1, -0.05) is 30.3 Å². The summed E-state index contributed by atoms with van der Waals surface area (Å²) in [6.45, 7) is 0.603. The summed E-state index contributed by atoms with van der Waals surface area (Å²) >= 11 is 0. The Morgan fingerprint density at radius 2 is 1.96 bits per heavy atom. The zero-order valence-corrected chi connectivity index (χ0v) is 15.4. The van der Waals surface area contributed by atoms with Crippen LogP contribution in [0.2, 0.25) is 0 Å². The van der Waals surface area contributed by atoms with Crippen molar-refractivity contribution in [2.45, 2.75) is 25.5 Å². The van der Waals surface area contributed by atoms with Gasteiger partial charge in [0, 0.05) is 12.6 Å². The van der Waals surface area contributed by atoms with Crippen LogP contribution in [0.3, 0.4) is 0 Å². The molecule has 1 atom stereocenters. The van der Waals surface area contributed by atoms with Gasteiger partial charge in [0.2, 0.25) is 0 Å². The first-order valence-electron chi connectivity index (χ1n) is 8.85. The number of rotatable bonds is 6. The van der Waals surface area contributed by atoms with E-state index < -0.39 is 22.8 Å². The number of hydrogen-bond acceptors (Lipinski definition) is 6. The van der Waals surface area contributed by atoms with Crippen LogP contribution in [0.5, 0.6) is 5.75 Å². The third kappa shape index (κ3) is 4.11. The molecule has 1 heterocycles. The van der Waals surface area contributed by atoms with Gasteiger partial charge in [-0.15, -0.1) is 0 Å². The molecule has 8 nitrogen and oxygen atoms in total. The number of likely N-dealkylation sites (tertiary alicyclic amines) is 1. The lowest BCUT2D eigenvalue weighted by molar-refractivity contribution is -0.385. The number of ether oxygens (including phenoxy) is 2. The minimum Gasteiger partial charge on any atom is -0.489 e. The number of benzene rings is 2. The molecule has 0 unspecified atom stereocenters. The molecule has 28 heavy (non-hydrogen) atoms. The van der Waals surface area contributed by atoms with E-state index in [1.165, 1.54) is 30.2 Å². The predicted molar refractivity (Wildman–Crippen MR) is 99.9 cm³/mol. The van der Waals surface area contributed by atoms with Crippen LogP contribution >= 0.6 is 0 Å². The van der Waals surface area contributed by atoms with Crippen molar-refractivity contribution in [1.29, 1.82) is 0 Å². The Kier molecular flexibility index (Phi) is 5.88. The summed E-state index contributed by atoms with van der Waals surface area (Å²) in [6.07, 6.45) is 1.10. The molecule has 2 aromatic rings. The highest BCUT2D eigenvalue weighted by atomic mass is 16.6. The van der Waals surface area contributed by atoms with Crippen LogP contribution < -0.4 is 4.74 Å². The van der Waals surface area contributed by atoms with Crippen molar-refractivity contribution in [3.05, 3.63) is 69.8 Å². The summed E-state index contributed by atoms with van der Waals surface area (Å²) in [5.41, 5.74) is 0.498. The van der Waals surface area contributed by atoms with Gasteiger partial charge in [0.05, 0.1) is 12.0 Å². The first-order valence-corrected chi connectivity index (χ1v) is 8.85. The summed E-state index contributed by atoms with van der Waals surface area (Å²) in [5.74, 6) is -0.763. The van der Waals surface area contributed by atoms with Crippen molar-refractivity contribution in [3.8, 4) is 5.75 Å². The van der Waals surface area contributed by atoms with Crippen molar-refractivity contribution in [2.75, 3.05) is 13.7 Å². The topological polar surface area (TPSA) is 99.0 Å². The molecule has 0 N–H and O–H groups in total. The van der Waals surface area contributed by atoms with Gasteiger partial charge in [-0.3, -0.25) is 14.9 Å². The number of carbonyl (C=O) groups is 2. The van der Waals surface area contributed by atoms with Crippen LogP contribution in [0.15, 0.2) is 48.5 Å². The molecule has 1 saturated heterocycles. The summed E-state index contributed by atoms with van der Waals surface area (Å²) < 4.78 is 10.4. The van der Waals surface area contributed by atoms with Crippen molar-refractivity contribution >= 4 is 17.6 Å². The Morgan fingerprint density at radius 3 is 2.64 bits per heavy atom. The molecule has 1 fully saturated rings. The summed E-state index contributed by atoms with van der Waals surface area (Å²) in [4.78, 5) is 37.0. The maximum Gasteiger partial charge on any atom is 0.328 e. The van der Waals surface area contributed by atoms with Crippen LogP contribution in [-0.4, -0.2) is 41.4 Å². The highest BCUT2D eigenvalue weighted by molar-refractivity contribution is 6.00. The van der Waals surface area contributed by atoms with Crippen LogP contribution in [-0.2, 0) is 16.1 Å². The number of nitrogens with zero attached hydrogens (tertiary/aromatic N) is 2. The van der Waals surface area contributed by atoms with E-state index in [1.54, 1.807) is 0 Å². The maximum atomic E-state index is 13.0. The number of hydrogen-bond donors (Lipinski definition) is 0. The Bertz CT molecular complexity index is 884. The predicted octanol–water partition coefficient (Wildman–Crippen LogP) is 2.95. The standard InChI is InChI=1S/C20H20N2O6/c1-27-20(24)18-8-5-11-21(18)19(23)16-12-15(9-10-17(16)22(25)26)28-13-14-6-3-2-4-7-14/h2-4,6-7,9-10,12,18H,5,8,11,13H2,1H3/t18-/m0/s1. The Balaban J connectivity index is 1.86. The Morgan fingerprint density at radius 1 is 1.21 bits per heavy atom. The second-order valence-electron chi connectivity index (χ2n) is 6.39. The first kappa shape index (κ1) is 19.3.